The Kier molecular flexibility index (Phi) is 6.49. The van der Waals surface area contributed by atoms with Crippen LogP contribution in [0.25, 0.3) is 11.4 Å². The molecule has 1 atom stereocenters. The molecule has 0 bridgehead atoms. The van der Waals surface area contributed by atoms with Gasteiger partial charge in [0.05, 0.1) is 0 Å². The summed E-state index contributed by atoms with van der Waals surface area (Å²) in [5, 5.41) is 3.14. The fourth-order valence-electron chi connectivity index (χ4n) is 3.81. The van der Waals surface area contributed by atoms with Crippen molar-refractivity contribution in [3.05, 3.63) is 36.3 Å². The lowest BCUT2D eigenvalue weighted by Gasteiger charge is -2.35. The summed E-state index contributed by atoms with van der Waals surface area (Å²) in [7, 11) is 4.04. The topological polar surface area (TPSA) is 53.9 Å². The van der Waals surface area contributed by atoms with Crippen LogP contribution in [0.3, 0.4) is 0 Å². The van der Waals surface area contributed by atoms with E-state index in [0.29, 0.717) is 18.0 Å². The van der Waals surface area contributed by atoms with Gasteiger partial charge in [-0.2, -0.15) is 13.2 Å². The first-order chi connectivity index (χ1) is 13.3. The van der Waals surface area contributed by atoms with E-state index in [1.54, 1.807) is 12.1 Å². The lowest BCUT2D eigenvalue weighted by molar-refractivity contribution is -0.141. The van der Waals surface area contributed by atoms with Gasteiger partial charge in [-0.15, -0.1) is 0 Å². The second-order valence-electron chi connectivity index (χ2n) is 7.51. The molecule has 0 radical (unpaired) electrons. The number of nitrogens with one attached hydrogen (secondary N) is 1. The van der Waals surface area contributed by atoms with Gasteiger partial charge in [0.1, 0.15) is 5.82 Å². The number of anilines is 1. The Bertz CT molecular complexity index is 758. The summed E-state index contributed by atoms with van der Waals surface area (Å²) < 4.78 is 40.0. The maximum atomic E-state index is 13.3. The molecule has 152 valence electrons. The maximum absolute atomic E-state index is 13.3. The number of likely N-dealkylation sites (N-methyl/N-ethyl adjacent to an activating group) is 1. The highest BCUT2D eigenvalue weighted by molar-refractivity contribution is 5.57. The molecule has 2 aromatic rings. The fourth-order valence-corrected chi connectivity index (χ4v) is 3.81. The van der Waals surface area contributed by atoms with Crippen LogP contribution in [0, 0.1) is 5.92 Å². The van der Waals surface area contributed by atoms with Crippen LogP contribution in [-0.2, 0) is 6.18 Å². The summed E-state index contributed by atoms with van der Waals surface area (Å²) in [6.45, 7) is 0.543. The summed E-state index contributed by atoms with van der Waals surface area (Å²) in [6, 6.07) is 4.43. The third kappa shape index (κ3) is 5.19. The van der Waals surface area contributed by atoms with Crippen molar-refractivity contribution in [1.29, 1.82) is 0 Å². The smallest absolute Gasteiger partial charge is 0.368 e. The van der Waals surface area contributed by atoms with Crippen molar-refractivity contribution in [2.24, 2.45) is 5.92 Å². The summed E-state index contributed by atoms with van der Waals surface area (Å²) >= 11 is 0. The largest absolute Gasteiger partial charge is 0.433 e. The lowest BCUT2D eigenvalue weighted by Crippen LogP contribution is -2.41. The van der Waals surface area contributed by atoms with E-state index in [1.807, 2.05) is 14.1 Å². The molecule has 3 rings (SSSR count). The van der Waals surface area contributed by atoms with Crippen LogP contribution in [-0.4, -0.2) is 46.5 Å². The molecule has 8 heteroatoms. The maximum Gasteiger partial charge on any atom is 0.433 e. The third-order valence-electron chi connectivity index (χ3n) is 5.30. The second-order valence-corrected chi connectivity index (χ2v) is 7.51. The molecule has 1 aliphatic carbocycles. The van der Waals surface area contributed by atoms with Crippen LogP contribution in [0.2, 0.25) is 0 Å². The second kappa shape index (κ2) is 8.86. The standard InChI is InChI=1S/C20H26F3N5/c1-28(2)16(14-6-4-3-5-7-14)13-25-18-12-17(20(21,22)23)26-19(27-18)15-8-10-24-11-9-15/h8-12,14,16H,3-7,13H2,1-2H3,(H,25,26,27). The Morgan fingerprint density at radius 2 is 1.79 bits per heavy atom. The molecular weight excluding hydrogens is 367 g/mol. The summed E-state index contributed by atoms with van der Waals surface area (Å²) in [6.07, 6.45) is 4.49. The zero-order valence-corrected chi connectivity index (χ0v) is 16.2. The minimum absolute atomic E-state index is 0.0406. The van der Waals surface area contributed by atoms with Crippen molar-refractivity contribution >= 4 is 5.82 Å². The lowest BCUT2D eigenvalue weighted by atomic mass is 9.83. The number of hydrogen-bond acceptors (Lipinski definition) is 5. The highest BCUT2D eigenvalue weighted by Crippen LogP contribution is 2.31. The quantitative estimate of drug-likeness (QED) is 0.784. The third-order valence-corrected chi connectivity index (χ3v) is 5.30. The molecule has 0 aliphatic heterocycles. The van der Waals surface area contributed by atoms with Gasteiger partial charge in [0.2, 0.25) is 0 Å². The molecule has 0 amide bonds. The van der Waals surface area contributed by atoms with Gasteiger partial charge in [-0.1, -0.05) is 19.3 Å². The van der Waals surface area contributed by atoms with Gasteiger partial charge in [-0.05, 0) is 45.0 Å². The van der Waals surface area contributed by atoms with Crippen molar-refractivity contribution < 1.29 is 13.2 Å². The van der Waals surface area contributed by atoms with E-state index in [9.17, 15) is 13.2 Å². The highest BCUT2D eigenvalue weighted by Gasteiger charge is 2.34. The first-order valence-electron chi connectivity index (χ1n) is 9.61. The van der Waals surface area contributed by atoms with Crippen molar-refractivity contribution in [2.75, 3.05) is 26.0 Å². The Labute approximate surface area is 163 Å². The summed E-state index contributed by atoms with van der Waals surface area (Å²) in [5.41, 5.74) is -0.448. The number of alkyl halides is 3. The van der Waals surface area contributed by atoms with Gasteiger partial charge in [-0.3, -0.25) is 4.98 Å². The molecule has 28 heavy (non-hydrogen) atoms. The van der Waals surface area contributed by atoms with Gasteiger partial charge in [0.25, 0.3) is 0 Å². The average Bonchev–Trinajstić information content (AvgIpc) is 2.68. The molecule has 1 unspecified atom stereocenters. The highest BCUT2D eigenvalue weighted by atomic mass is 19.4. The molecule has 1 aliphatic rings. The van der Waals surface area contributed by atoms with E-state index < -0.39 is 11.9 Å². The normalized spacial score (nSPS) is 16.9. The van der Waals surface area contributed by atoms with Gasteiger partial charge in [-0.25, -0.2) is 9.97 Å². The average molecular weight is 393 g/mol. The van der Waals surface area contributed by atoms with E-state index in [-0.39, 0.29) is 17.7 Å². The number of halogens is 3. The summed E-state index contributed by atoms with van der Waals surface area (Å²) in [5.74, 6) is 0.774. The molecule has 5 nitrogen and oxygen atoms in total. The van der Waals surface area contributed by atoms with Gasteiger partial charge < -0.3 is 10.2 Å². The molecule has 1 N–H and O–H groups in total. The fraction of sp³-hybridized carbons (Fsp3) is 0.550. The molecule has 2 heterocycles. The monoisotopic (exact) mass is 393 g/mol. The molecule has 0 saturated heterocycles. The molecule has 0 aromatic carbocycles. The van der Waals surface area contributed by atoms with Crippen molar-refractivity contribution in [3.63, 3.8) is 0 Å². The van der Waals surface area contributed by atoms with E-state index in [2.05, 4.69) is 25.2 Å². The molecule has 2 aromatic heterocycles. The molecular formula is C20H26F3N5. The first kappa shape index (κ1) is 20.5. The molecule has 1 fully saturated rings. The van der Waals surface area contributed by atoms with Crippen LogP contribution < -0.4 is 5.32 Å². The summed E-state index contributed by atoms with van der Waals surface area (Å²) in [4.78, 5) is 14.1. The predicted molar refractivity (Wildman–Crippen MR) is 103 cm³/mol. The number of rotatable bonds is 6. The zero-order valence-electron chi connectivity index (χ0n) is 16.2. The Morgan fingerprint density at radius 3 is 2.39 bits per heavy atom. The number of nitrogens with zero attached hydrogens (tertiary/aromatic N) is 4. The Morgan fingerprint density at radius 1 is 1.11 bits per heavy atom. The van der Waals surface area contributed by atoms with Crippen LogP contribution in [0.1, 0.15) is 37.8 Å². The minimum atomic E-state index is -4.54. The van der Waals surface area contributed by atoms with E-state index in [1.165, 1.54) is 31.7 Å². The van der Waals surface area contributed by atoms with Crippen LogP contribution >= 0.6 is 0 Å². The van der Waals surface area contributed by atoms with Crippen molar-refractivity contribution in [2.45, 2.75) is 44.3 Å². The van der Waals surface area contributed by atoms with E-state index in [4.69, 9.17) is 0 Å². The first-order valence-corrected chi connectivity index (χ1v) is 9.61. The molecule has 1 saturated carbocycles. The van der Waals surface area contributed by atoms with Crippen LogP contribution in [0.5, 0.6) is 0 Å². The number of hydrogen-bond donors (Lipinski definition) is 1. The SMILES string of the molecule is CN(C)C(CNc1cc(C(F)(F)F)nc(-c2ccncc2)n1)C1CCCCC1. The minimum Gasteiger partial charge on any atom is -0.368 e. The predicted octanol–water partition coefficient (Wildman–Crippen LogP) is 4.48. The Balaban J connectivity index is 1.83. The number of pyridine rings is 1. The van der Waals surface area contributed by atoms with Gasteiger partial charge >= 0.3 is 6.18 Å². The van der Waals surface area contributed by atoms with Crippen molar-refractivity contribution in [1.82, 2.24) is 19.9 Å². The van der Waals surface area contributed by atoms with Gasteiger partial charge in [0, 0.05) is 36.6 Å². The van der Waals surface area contributed by atoms with E-state index >= 15 is 0 Å². The van der Waals surface area contributed by atoms with Crippen molar-refractivity contribution in [3.8, 4) is 11.4 Å². The molecule has 0 spiro atoms. The number of aromatic nitrogens is 3. The Hall–Kier alpha value is -2.22. The van der Waals surface area contributed by atoms with Crippen LogP contribution in [0.4, 0.5) is 19.0 Å². The van der Waals surface area contributed by atoms with Gasteiger partial charge in [0.15, 0.2) is 11.5 Å². The van der Waals surface area contributed by atoms with E-state index in [0.717, 1.165) is 18.9 Å². The zero-order chi connectivity index (χ0) is 20.1. The van der Waals surface area contributed by atoms with Crippen LogP contribution in [0.15, 0.2) is 30.6 Å².